The number of nitrogens with two attached hydrogens (primary N) is 1. The first-order valence-electron chi connectivity index (χ1n) is 9.10. The number of carbonyl (C=O) groups excluding carboxylic acids is 1. The number of carboxylic acid groups (broad SMARTS) is 1. The van der Waals surface area contributed by atoms with E-state index in [2.05, 4.69) is 10.3 Å². The van der Waals surface area contributed by atoms with Crippen LogP contribution in [0.2, 0.25) is 0 Å². The van der Waals surface area contributed by atoms with E-state index < -0.39 is 29.8 Å². The van der Waals surface area contributed by atoms with Gasteiger partial charge in [0.2, 0.25) is 0 Å². The number of rotatable bonds is 2. The second kappa shape index (κ2) is 8.94. The molecule has 0 atom stereocenters. The van der Waals surface area contributed by atoms with Crippen LogP contribution >= 0.6 is 0 Å². The number of pyridine rings is 1. The first kappa shape index (κ1) is 23.2. The topological polar surface area (TPSA) is 134 Å². The number of benzene rings is 2. The van der Waals surface area contributed by atoms with Crippen LogP contribution < -0.4 is 11.1 Å². The van der Waals surface area contributed by atoms with Crippen molar-refractivity contribution in [2.45, 2.75) is 6.18 Å². The summed E-state index contributed by atoms with van der Waals surface area (Å²) >= 11 is 0. The second-order valence-corrected chi connectivity index (χ2v) is 6.57. The molecule has 5 N–H and O–H groups in total. The number of hydrogen-bond donors (Lipinski definition) is 4. The quantitative estimate of drug-likeness (QED) is 0.206. The molecule has 0 aliphatic heterocycles. The zero-order chi connectivity index (χ0) is 24.3. The van der Waals surface area contributed by atoms with Crippen LogP contribution in [0.4, 0.5) is 17.6 Å². The molecular weight excluding hydrogens is 446 g/mol. The monoisotopic (exact) mass is 461 g/mol. The third kappa shape index (κ3) is 4.89. The Morgan fingerprint density at radius 1 is 1.06 bits per heavy atom. The maximum absolute atomic E-state index is 14.1. The molecule has 33 heavy (non-hydrogen) atoms. The number of aromatic nitrogens is 2. The van der Waals surface area contributed by atoms with Crippen LogP contribution in [0.25, 0.3) is 27.5 Å². The Kier molecular flexibility index (Phi) is 6.28. The van der Waals surface area contributed by atoms with E-state index in [-0.39, 0.29) is 5.52 Å². The van der Waals surface area contributed by atoms with Crippen molar-refractivity contribution >= 4 is 39.6 Å². The average Bonchev–Trinajstić information content (AvgIpc) is 3.13. The van der Waals surface area contributed by atoms with Crippen molar-refractivity contribution in [2.75, 3.05) is 0 Å². The van der Waals surface area contributed by atoms with Crippen LogP contribution in [0.15, 0.2) is 60.9 Å². The molecule has 0 aliphatic rings. The molecule has 2 aromatic carbocycles. The normalized spacial score (nSPS) is 11.0. The molecule has 0 bridgehead atoms. The highest BCUT2D eigenvalue weighted by molar-refractivity contribution is 6.12. The Bertz CT molecular complexity index is 1380. The highest BCUT2D eigenvalue weighted by Gasteiger charge is 2.38. The van der Waals surface area contributed by atoms with E-state index in [9.17, 15) is 22.4 Å². The summed E-state index contributed by atoms with van der Waals surface area (Å²) in [6, 6.07) is 13.9. The number of nitrogens with zero attached hydrogens (tertiary/aromatic N) is 2. The maximum atomic E-state index is 14.1. The minimum Gasteiger partial charge on any atom is -0.475 e. The molecule has 0 aliphatic carbocycles. The third-order valence-corrected chi connectivity index (χ3v) is 4.41. The van der Waals surface area contributed by atoms with Crippen LogP contribution in [-0.4, -0.2) is 38.7 Å². The standard InChI is InChI=1S/C19H14FN5O.C2HF3O2/c20-14-6-3-5-12-16(8-9-23-17(12)14)25-10-13(18(26)24-19(21)22)11-4-1-2-7-15(11)25;3-2(4,5)1(6)7/h1-10H,(H4,21,22,24,26);(H,6,7). The van der Waals surface area contributed by atoms with E-state index in [4.69, 9.17) is 21.0 Å². The molecule has 0 radical (unpaired) electrons. The van der Waals surface area contributed by atoms with Gasteiger partial charge in [0.25, 0.3) is 5.91 Å². The molecule has 8 nitrogen and oxygen atoms in total. The van der Waals surface area contributed by atoms with Crippen LogP contribution in [0.1, 0.15) is 10.4 Å². The predicted octanol–water partition coefficient (Wildman–Crippen LogP) is 3.57. The van der Waals surface area contributed by atoms with Gasteiger partial charge in [-0.1, -0.05) is 30.3 Å². The highest BCUT2D eigenvalue weighted by atomic mass is 19.4. The summed E-state index contributed by atoms with van der Waals surface area (Å²) in [4.78, 5) is 25.4. The number of fused-ring (bicyclic) bond motifs is 2. The van der Waals surface area contributed by atoms with E-state index >= 15 is 0 Å². The summed E-state index contributed by atoms with van der Waals surface area (Å²) in [5.41, 5.74) is 7.39. The first-order chi connectivity index (χ1) is 15.5. The molecule has 0 fully saturated rings. The zero-order valence-electron chi connectivity index (χ0n) is 16.5. The molecule has 12 heteroatoms. The summed E-state index contributed by atoms with van der Waals surface area (Å²) in [6.45, 7) is 0. The average molecular weight is 461 g/mol. The molecule has 2 heterocycles. The lowest BCUT2D eigenvalue weighted by atomic mass is 10.1. The van der Waals surface area contributed by atoms with Crippen molar-refractivity contribution in [3.8, 4) is 5.69 Å². The van der Waals surface area contributed by atoms with Crippen LogP contribution in [0.3, 0.4) is 0 Å². The fraction of sp³-hybridized carbons (Fsp3) is 0.0476. The summed E-state index contributed by atoms with van der Waals surface area (Å²) < 4.78 is 47.6. The number of para-hydroxylation sites is 2. The van der Waals surface area contributed by atoms with Gasteiger partial charge in [-0.15, -0.1) is 0 Å². The number of halogens is 4. The molecule has 4 rings (SSSR count). The van der Waals surface area contributed by atoms with Gasteiger partial charge in [0.15, 0.2) is 5.96 Å². The SMILES string of the molecule is N=C(N)NC(=O)c1cn(-c2ccnc3c(F)cccc23)c2ccccc12.O=C(O)C(F)(F)F. The zero-order valence-corrected chi connectivity index (χ0v) is 16.5. The number of carbonyl (C=O) groups is 2. The number of hydrogen-bond acceptors (Lipinski definition) is 4. The number of aliphatic carboxylic acids is 1. The number of nitrogens with one attached hydrogen (secondary N) is 2. The maximum Gasteiger partial charge on any atom is 0.490 e. The Hall–Kier alpha value is -4.48. The van der Waals surface area contributed by atoms with Crippen molar-refractivity contribution in [1.29, 1.82) is 5.41 Å². The van der Waals surface area contributed by atoms with Gasteiger partial charge in [-0.05, 0) is 18.2 Å². The van der Waals surface area contributed by atoms with Crippen molar-refractivity contribution < 1.29 is 32.3 Å². The first-order valence-corrected chi connectivity index (χ1v) is 9.10. The lowest BCUT2D eigenvalue weighted by Crippen LogP contribution is -2.35. The lowest BCUT2D eigenvalue weighted by molar-refractivity contribution is -0.192. The Labute approximate surface area is 182 Å². The van der Waals surface area contributed by atoms with E-state index in [0.717, 1.165) is 5.52 Å². The Morgan fingerprint density at radius 2 is 1.70 bits per heavy atom. The minimum absolute atomic E-state index is 0.262. The fourth-order valence-electron chi connectivity index (χ4n) is 3.09. The Morgan fingerprint density at radius 3 is 2.33 bits per heavy atom. The van der Waals surface area contributed by atoms with Crippen molar-refractivity contribution in [1.82, 2.24) is 14.9 Å². The summed E-state index contributed by atoms with van der Waals surface area (Å²) in [5.74, 6) is -4.07. The molecule has 4 aromatic rings. The van der Waals surface area contributed by atoms with E-state index in [1.54, 1.807) is 24.4 Å². The lowest BCUT2D eigenvalue weighted by Gasteiger charge is -2.09. The third-order valence-electron chi connectivity index (χ3n) is 4.41. The van der Waals surface area contributed by atoms with Crippen molar-refractivity contribution in [3.63, 3.8) is 0 Å². The van der Waals surface area contributed by atoms with E-state index in [0.29, 0.717) is 22.0 Å². The summed E-state index contributed by atoms with van der Waals surface area (Å²) in [5, 5.41) is 18.0. The molecule has 0 saturated carbocycles. The molecule has 2 aromatic heterocycles. The van der Waals surface area contributed by atoms with Gasteiger partial charge in [0, 0.05) is 23.2 Å². The van der Waals surface area contributed by atoms with E-state index in [1.165, 1.54) is 12.3 Å². The molecule has 1 amide bonds. The number of alkyl halides is 3. The second-order valence-electron chi connectivity index (χ2n) is 6.57. The van der Waals surface area contributed by atoms with Gasteiger partial charge in [0.1, 0.15) is 11.3 Å². The van der Waals surface area contributed by atoms with Crippen LogP contribution in [-0.2, 0) is 4.79 Å². The van der Waals surface area contributed by atoms with Gasteiger partial charge >= 0.3 is 12.1 Å². The van der Waals surface area contributed by atoms with Crippen molar-refractivity contribution in [2.24, 2.45) is 5.73 Å². The number of amides is 1. The van der Waals surface area contributed by atoms with Crippen LogP contribution in [0, 0.1) is 11.2 Å². The fourth-order valence-corrected chi connectivity index (χ4v) is 3.09. The van der Waals surface area contributed by atoms with Gasteiger partial charge in [0.05, 0.1) is 16.8 Å². The van der Waals surface area contributed by atoms with Crippen LogP contribution in [0.5, 0.6) is 0 Å². The minimum atomic E-state index is -5.08. The Balaban J connectivity index is 0.000000383. The molecule has 0 spiro atoms. The summed E-state index contributed by atoms with van der Waals surface area (Å²) in [7, 11) is 0. The number of guanidine groups is 1. The van der Waals surface area contributed by atoms with Gasteiger partial charge in [-0.2, -0.15) is 13.2 Å². The molecule has 170 valence electrons. The molecule has 0 saturated heterocycles. The predicted molar refractivity (Wildman–Crippen MR) is 112 cm³/mol. The van der Waals surface area contributed by atoms with E-state index in [1.807, 2.05) is 28.8 Å². The summed E-state index contributed by atoms with van der Waals surface area (Å²) in [6.07, 6.45) is -1.90. The van der Waals surface area contributed by atoms with Gasteiger partial charge < -0.3 is 15.4 Å². The highest BCUT2D eigenvalue weighted by Crippen LogP contribution is 2.29. The van der Waals surface area contributed by atoms with Gasteiger partial charge in [-0.25, -0.2) is 9.18 Å². The molecular formula is C21H15F4N5O3. The smallest absolute Gasteiger partial charge is 0.475 e. The number of carboxylic acids is 1. The molecule has 0 unspecified atom stereocenters. The largest absolute Gasteiger partial charge is 0.490 e. The van der Waals surface area contributed by atoms with Crippen molar-refractivity contribution in [3.05, 3.63) is 72.3 Å². The van der Waals surface area contributed by atoms with Gasteiger partial charge in [-0.3, -0.25) is 20.5 Å².